The minimum absolute atomic E-state index is 0.191. The fraction of sp³-hybridized carbons (Fsp3) is 0.400. The number of aliphatic carboxylic acids is 1. The summed E-state index contributed by atoms with van der Waals surface area (Å²) in [6.45, 7) is 2.40. The molecule has 0 aliphatic carbocycles. The second-order valence-corrected chi connectivity index (χ2v) is 5.22. The maximum atomic E-state index is 12.2. The van der Waals surface area contributed by atoms with E-state index in [-0.39, 0.29) is 12.6 Å². The number of aryl methyl sites for hydroxylation is 1. The first-order valence-electron chi connectivity index (χ1n) is 6.90. The largest absolute Gasteiger partial charge is 0.481 e. The molecular weight excluding hydrogens is 288 g/mol. The second kappa shape index (κ2) is 6.46. The van der Waals surface area contributed by atoms with Gasteiger partial charge in [0.15, 0.2) is 0 Å². The van der Waals surface area contributed by atoms with Crippen LogP contribution >= 0.6 is 0 Å². The molecule has 1 aromatic carbocycles. The molecule has 22 heavy (non-hydrogen) atoms. The number of nitrogens with zero attached hydrogens (tertiary/aromatic N) is 1. The zero-order valence-corrected chi connectivity index (χ0v) is 12.5. The molecule has 1 aromatic rings. The Morgan fingerprint density at radius 1 is 1.36 bits per heavy atom. The molecule has 1 fully saturated rings. The molecule has 118 valence electrons. The van der Waals surface area contributed by atoms with Crippen LogP contribution in [0.3, 0.4) is 0 Å². The Labute approximate surface area is 127 Å². The molecule has 1 heterocycles. The number of esters is 1. The van der Waals surface area contributed by atoms with E-state index in [1.165, 1.54) is 12.0 Å². The molecule has 7 nitrogen and oxygen atoms in total. The summed E-state index contributed by atoms with van der Waals surface area (Å²) < 4.78 is 4.65. The van der Waals surface area contributed by atoms with Crippen molar-refractivity contribution in [3.05, 3.63) is 29.3 Å². The van der Waals surface area contributed by atoms with Gasteiger partial charge in [-0.2, -0.15) is 0 Å². The monoisotopic (exact) mass is 306 g/mol. The van der Waals surface area contributed by atoms with E-state index in [1.807, 2.05) is 0 Å². The molecule has 1 saturated heterocycles. The second-order valence-electron chi connectivity index (χ2n) is 5.22. The number of carboxylic acid groups (broad SMARTS) is 1. The van der Waals surface area contributed by atoms with Crippen molar-refractivity contribution in [3.63, 3.8) is 0 Å². The molecule has 0 radical (unpaired) electrons. The molecule has 0 aromatic heterocycles. The third-order valence-electron chi connectivity index (χ3n) is 3.72. The van der Waals surface area contributed by atoms with Crippen molar-refractivity contribution in [1.29, 1.82) is 0 Å². The number of likely N-dealkylation sites (tertiary alicyclic amines) is 1. The van der Waals surface area contributed by atoms with Gasteiger partial charge in [-0.25, -0.2) is 9.59 Å². The van der Waals surface area contributed by atoms with Crippen LogP contribution in [0.4, 0.5) is 10.5 Å². The molecule has 1 aliphatic rings. The summed E-state index contributed by atoms with van der Waals surface area (Å²) in [5.74, 6) is -1.89. The maximum absolute atomic E-state index is 12.2. The Morgan fingerprint density at radius 3 is 2.68 bits per heavy atom. The molecule has 1 aliphatic heterocycles. The molecular formula is C15H18N2O5. The minimum Gasteiger partial charge on any atom is -0.481 e. The zero-order chi connectivity index (χ0) is 16.3. The highest BCUT2D eigenvalue weighted by Gasteiger charge is 2.31. The molecule has 1 atom stereocenters. The minimum atomic E-state index is -0.890. The van der Waals surface area contributed by atoms with Gasteiger partial charge in [-0.3, -0.25) is 4.79 Å². The van der Waals surface area contributed by atoms with Crippen molar-refractivity contribution < 1.29 is 24.2 Å². The molecule has 2 N–H and O–H groups in total. The number of carbonyl (C=O) groups excluding carboxylic acids is 2. The first kappa shape index (κ1) is 15.8. The summed E-state index contributed by atoms with van der Waals surface area (Å²) in [5.41, 5.74) is 1.65. The summed E-state index contributed by atoms with van der Waals surface area (Å²) in [5, 5.41) is 11.7. The average molecular weight is 306 g/mol. The van der Waals surface area contributed by atoms with E-state index in [9.17, 15) is 14.4 Å². The molecule has 0 saturated carbocycles. The van der Waals surface area contributed by atoms with E-state index >= 15 is 0 Å². The van der Waals surface area contributed by atoms with Crippen LogP contribution in [0.5, 0.6) is 0 Å². The number of carboxylic acids is 1. The van der Waals surface area contributed by atoms with E-state index in [1.54, 1.807) is 25.1 Å². The van der Waals surface area contributed by atoms with Crippen LogP contribution in [0.1, 0.15) is 22.3 Å². The number of hydrogen-bond donors (Lipinski definition) is 2. The van der Waals surface area contributed by atoms with Crippen molar-refractivity contribution in [2.75, 3.05) is 25.5 Å². The molecule has 0 spiro atoms. The topological polar surface area (TPSA) is 95.9 Å². The van der Waals surface area contributed by atoms with Gasteiger partial charge in [-0.15, -0.1) is 0 Å². The average Bonchev–Trinajstić information content (AvgIpc) is 2.99. The number of carbonyl (C=O) groups is 3. The van der Waals surface area contributed by atoms with E-state index in [0.717, 1.165) is 5.56 Å². The summed E-state index contributed by atoms with van der Waals surface area (Å²) in [6, 6.07) is 4.51. The number of methoxy groups -OCH3 is 1. The van der Waals surface area contributed by atoms with Gasteiger partial charge < -0.3 is 20.1 Å². The highest BCUT2D eigenvalue weighted by Crippen LogP contribution is 2.21. The Morgan fingerprint density at radius 2 is 2.09 bits per heavy atom. The van der Waals surface area contributed by atoms with Gasteiger partial charge in [0.25, 0.3) is 0 Å². The fourth-order valence-electron chi connectivity index (χ4n) is 2.34. The van der Waals surface area contributed by atoms with Crippen molar-refractivity contribution in [2.45, 2.75) is 13.3 Å². The lowest BCUT2D eigenvalue weighted by Gasteiger charge is -2.18. The standard InChI is InChI=1S/C15H18N2O5/c1-9-3-4-10(14(20)22-2)7-12(9)16-15(21)17-6-5-11(8-17)13(18)19/h3-4,7,11H,5-6,8H2,1-2H3,(H,16,21)(H,18,19). The zero-order valence-electron chi connectivity index (χ0n) is 12.5. The molecule has 7 heteroatoms. The van der Waals surface area contributed by atoms with Gasteiger partial charge in [-0.1, -0.05) is 6.07 Å². The fourth-order valence-corrected chi connectivity index (χ4v) is 2.34. The van der Waals surface area contributed by atoms with E-state index < -0.39 is 17.9 Å². The number of benzene rings is 1. The SMILES string of the molecule is COC(=O)c1ccc(C)c(NC(=O)N2CCC(C(=O)O)C2)c1. The van der Waals surface area contributed by atoms with Crippen molar-refractivity contribution in [3.8, 4) is 0 Å². The first-order valence-corrected chi connectivity index (χ1v) is 6.90. The van der Waals surface area contributed by atoms with Crippen LogP contribution in [-0.2, 0) is 9.53 Å². The molecule has 1 unspecified atom stereocenters. The lowest BCUT2D eigenvalue weighted by molar-refractivity contribution is -0.141. The van der Waals surface area contributed by atoms with Crippen molar-refractivity contribution in [2.24, 2.45) is 5.92 Å². The van der Waals surface area contributed by atoms with Crippen molar-refractivity contribution in [1.82, 2.24) is 4.90 Å². The van der Waals surface area contributed by atoms with Gasteiger partial charge in [0.1, 0.15) is 0 Å². The number of hydrogen-bond acceptors (Lipinski definition) is 4. The third-order valence-corrected chi connectivity index (χ3v) is 3.72. The number of nitrogens with one attached hydrogen (secondary N) is 1. The maximum Gasteiger partial charge on any atom is 0.337 e. The van der Waals surface area contributed by atoms with E-state index in [2.05, 4.69) is 10.1 Å². The normalized spacial score (nSPS) is 17.2. The lowest BCUT2D eigenvalue weighted by atomic mass is 10.1. The van der Waals surface area contributed by atoms with E-state index in [4.69, 9.17) is 5.11 Å². The number of ether oxygens (including phenoxy) is 1. The van der Waals surface area contributed by atoms with Crippen LogP contribution < -0.4 is 5.32 Å². The summed E-state index contributed by atoms with van der Waals surface area (Å²) in [7, 11) is 1.29. The Kier molecular flexibility index (Phi) is 4.65. The number of anilines is 1. The Balaban J connectivity index is 2.08. The smallest absolute Gasteiger partial charge is 0.337 e. The summed E-state index contributed by atoms with van der Waals surface area (Å²) >= 11 is 0. The van der Waals surface area contributed by atoms with Crippen LogP contribution in [0, 0.1) is 12.8 Å². The first-order chi connectivity index (χ1) is 10.4. The predicted octanol–water partition coefficient (Wildman–Crippen LogP) is 1.72. The van der Waals surface area contributed by atoms with Gasteiger partial charge in [0, 0.05) is 18.8 Å². The Hall–Kier alpha value is -2.57. The van der Waals surface area contributed by atoms with Crippen LogP contribution in [0.15, 0.2) is 18.2 Å². The molecule has 0 bridgehead atoms. The van der Waals surface area contributed by atoms with Gasteiger partial charge >= 0.3 is 18.0 Å². The molecule has 2 amide bonds. The van der Waals surface area contributed by atoms with Gasteiger partial charge in [-0.05, 0) is 31.0 Å². The quantitative estimate of drug-likeness (QED) is 0.829. The van der Waals surface area contributed by atoms with Crippen LogP contribution in [0.2, 0.25) is 0 Å². The van der Waals surface area contributed by atoms with Crippen LogP contribution in [0.25, 0.3) is 0 Å². The summed E-state index contributed by atoms with van der Waals surface area (Å²) in [6.07, 6.45) is 0.448. The van der Waals surface area contributed by atoms with Gasteiger partial charge in [0.05, 0.1) is 18.6 Å². The number of amides is 2. The van der Waals surface area contributed by atoms with Gasteiger partial charge in [0.2, 0.25) is 0 Å². The van der Waals surface area contributed by atoms with Crippen LogP contribution in [-0.4, -0.2) is 48.2 Å². The third kappa shape index (κ3) is 3.36. The van der Waals surface area contributed by atoms with Crippen molar-refractivity contribution >= 4 is 23.7 Å². The Bertz CT molecular complexity index is 614. The predicted molar refractivity (Wildman–Crippen MR) is 78.9 cm³/mol. The highest BCUT2D eigenvalue weighted by atomic mass is 16.5. The molecule has 2 rings (SSSR count). The summed E-state index contributed by atoms with van der Waals surface area (Å²) in [4.78, 5) is 36.1. The van der Waals surface area contributed by atoms with E-state index in [0.29, 0.717) is 24.2 Å². The lowest BCUT2D eigenvalue weighted by Crippen LogP contribution is -2.34. The highest BCUT2D eigenvalue weighted by molar-refractivity contribution is 5.95. The number of urea groups is 1. The number of rotatable bonds is 3.